The summed E-state index contributed by atoms with van der Waals surface area (Å²) in [5.41, 5.74) is 2.66. The summed E-state index contributed by atoms with van der Waals surface area (Å²) in [6, 6.07) is 8.48. The monoisotopic (exact) mass is 152 g/mol. The molecule has 0 aliphatic rings. The third kappa shape index (κ3) is 5.65. The summed E-state index contributed by atoms with van der Waals surface area (Å²) < 4.78 is 0. The highest BCUT2D eigenvalue weighted by Crippen LogP contribution is 1.99. The Morgan fingerprint density at radius 2 is 1.09 bits per heavy atom. The van der Waals surface area contributed by atoms with Crippen LogP contribution in [0.4, 0.5) is 0 Å². The molecule has 0 saturated heterocycles. The van der Waals surface area contributed by atoms with Gasteiger partial charge in [-0.15, -0.1) is 0 Å². The van der Waals surface area contributed by atoms with E-state index in [9.17, 15) is 0 Å². The lowest BCUT2D eigenvalue weighted by Gasteiger charge is -1.90. The van der Waals surface area contributed by atoms with Crippen molar-refractivity contribution in [3.05, 3.63) is 35.4 Å². The van der Waals surface area contributed by atoms with Gasteiger partial charge in [-0.1, -0.05) is 55.7 Å². The van der Waals surface area contributed by atoms with Gasteiger partial charge in [-0.2, -0.15) is 0 Å². The van der Waals surface area contributed by atoms with Gasteiger partial charge < -0.3 is 0 Å². The molecule has 0 aliphatic heterocycles. The molecule has 0 fully saturated rings. The van der Waals surface area contributed by atoms with Gasteiger partial charge in [0.1, 0.15) is 0 Å². The lowest BCUT2D eigenvalue weighted by Crippen LogP contribution is -1.70. The topological polar surface area (TPSA) is 0 Å². The average Bonchev–Trinajstić information content (AvgIpc) is 1.97. The summed E-state index contributed by atoms with van der Waals surface area (Å²) >= 11 is 0. The highest BCUT2D eigenvalue weighted by Gasteiger charge is 1.79. The van der Waals surface area contributed by atoms with Gasteiger partial charge in [0.25, 0.3) is 0 Å². The zero-order valence-electron chi connectivity index (χ0n) is 8.02. The Morgan fingerprint density at radius 3 is 1.27 bits per heavy atom. The molecule has 1 aromatic rings. The molecule has 0 saturated carbocycles. The molecule has 0 heterocycles. The third-order valence-electron chi connectivity index (χ3n) is 1.22. The lowest BCUT2D eigenvalue weighted by molar-refractivity contribution is 1.09. The van der Waals surface area contributed by atoms with Crippen LogP contribution in [0.1, 0.15) is 32.8 Å². The number of aryl methyl sites for hydroxylation is 2. The molecule has 0 N–H and O–H groups in total. The van der Waals surface area contributed by atoms with Crippen LogP contribution in [0.2, 0.25) is 0 Å². The van der Waals surface area contributed by atoms with Gasteiger partial charge >= 0.3 is 0 Å². The molecular formula is C11H20. The van der Waals surface area contributed by atoms with Crippen LogP contribution in [0.25, 0.3) is 0 Å². The minimum atomic E-state index is 0. The minimum absolute atomic E-state index is 0. The van der Waals surface area contributed by atoms with E-state index in [4.69, 9.17) is 0 Å². The SMILES string of the molecule is CCC.Cc1ccc(C)cc1.[HH]. The fraction of sp³-hybridized carbons (Fsp3) is 0.455. The molecule has 0 unspecified atom stereocenters. The van der Waals surface area contributed by atoms with E-state index in [1.54, 1.807) is 0 Å². The van der Waals surface area contributed by atoms with Crippen molar-refractivity contribution in [1.82, 2.24) is 0 Å². The predicted octanol–water partition coefficient (Wildman–Crippen LogP) is 3.97. The molecule has 0 nitrogen and oxygen atoms in total. The first-order chi connectivity index (χ1) is 5.20. The Labute approximate surface area is 71.7 Å². The van der Waals surface area contributed by atoms with Crippen LogP contribution in [0.5, 0.6) is 0 Å². The van der Waals surface area contributed by atoms with Gasteiger partial charge in [0.15, 0.2) is 0 Å². The zero-order chi connectivity index (χ0) is 8.69. The smallest absolute Gasteiger partial charge is 0 e. The largest absolute Gasteiger partial charge is 0.0656 e. The van der Waals surface area contributed by atoms with E-state index in [0.717, 1.165) is 0 Å². The van der Waals surface area contributed by atoms with Crippen LogP contribution in [-0.2, 0) is 0 Å². The maximum absolute atomic E-state index is 2.12. The van der Waals surface area contributed by atoms with Gasteiger partial charge in [-0.05, 0) is 13.8 Å². The lowest BCUT2D eigenvalue weighted by atomic mass is 10.2. The number of hydrogen-bond donors (Lipinski definition) is 0. The number of rotatable bonds is 0. The summed E-state index contributed by atoms with van der Waals surface area (Å²) in [6.45, 7) is 8.44. The molecule has 0 aromatic heterocycles. The molecule has 1 aromatic carbocycles. The summed E-state index contributed by atoms with van der Waals surface area (Å²) in [5.74, 6) is 0. The normalized spacial score (nSPS) is 8.36. The van der Waals surface area contributed by atoms with Gasteiger partial charge in [0.05, 0.1) is 0 Å². The van der Waals surface area contributed by atoms with Crippen LogP contribution in [-0.4, -0.2) is 0 Å². The van der Waals surface area contributed by atoms with Crippen LogP contribution < -0.4 is 0 Å². The van der Waals surface area contributed by atoms with Gasteiger partial charge in [-0.25, -0.2) is 0 Å². The van der Waals surface area contributed by atoms with Crippen molar-refractivity contribution in [3.63, 3.8) is 0 Å². The van der Waals surface area contributed by atoms with E-state index in [2.05, 4.69) is 52.0 Å². The fourth-order valence-electron chi connectivity index (χ4n) is 0.637. The van der Waals surface area contributed by atoms with E-state index in [0.29, 0.717) is 0 Å². The standard InChI is InChI=1S/C8H10.C3H8.H2/c1-7-3-5-8(2)6-4-7;1-3-2;/h3-6H,1-2H3;3H2,1-2H3;1H. The van der Waals surface area contributed by atoms with Crippen molar-refractivity contribution in [2.45, 2.75) is 34.1 Å². The Kier molecular flexibility index (Phi) is 5.54. The molecule has 0 aliphatic carbocycles. The first kappa shape index (κ1) is 10.2. The molecule has 0 radical (unpaired) electrons. The Hall–Kier alpha value is -0.780. The number of hydrogen-bond acceptors (Lipinski definition) is 0. The van der Waals surface area contributed by atoms with E-state index in [1.807, 2.05) is 0 Å². The summed E-state index contributed by atoms with van der Waals surface area (Å²) in [4.78, 5) is 0. The second-order valence-corrected chi connectivity index (χ2v) is 2.86. The van der Waals surface area contributed by atoms with Crippen LogP contribution >= 0.6 is 0 Å². The van der Waals surface area contributed by atoms with Crippen molar-refractivity contribution >= 4 is 0 Å². The van der Waals surface area contributed by atoms with E-state index >= 15 is 0 Å². The maximum Gasteiger partial charge on any atom is 0 e. The number of benzene rings is 1. The maximum atomic E-state index is 2.12. The second kappa shape index (κ2) is 5.96. The Balaban J connectivity index is 0. The summed E-state index contributed by atoms with van der Waals surface area (Å²) in [5, 5.41) is 0. The van der Waals surface area contributed by atoms with Crippen LogP contribution in [0.15, 0.2) is 24.3 Å². The van der Waals surface area contributed by atoms with Crippen molar-refractivity contribution in [2.75, 3.05) is 0 Å². The van der Waals surface area contributed by atoms with Gasteiger partial charge in [0, 0.05) is 1.43 Å². The van der Waals surface area contributed by atoms with Crippen molar-refractivity contribution in [2.24, 2.45) is 0 Å². The predicted molar refractivity (Wildman–Crippen MR) is 54.0 cm³/mol. The molecule has 11 heavy (non-hydrogen) atoms. The average molecular weight is 152 g/mol. The molecule has 64 valence electrons. The van der Waals surface area contributed by atoms with Gasteiger partial charge in [0.2, 0.25) is 0 Å². The summed E-state index contributed by atoms with van der Waals surface area (Å²) in [7, 11) is 0. The minimum Gasteiger partial charge on any atom is -0.0656 e. The van der Waals surface area contributed by atoms with Gasteiger partial charge in [-0.3, -0.25) is 0 Å². The molecule has 0 heteroatoms. The van der Waals surface area contributed by atoms with Crippen molar-refractivity contribution in [3.8, 4) is 0 Å². The molecule has 0 spiro atoms. The molecule has 1 rings (SSSR count). The molecular weight excluding hydrogens is 132 g/mol. The van der Waals surface area contributed by atoms with Crippen molar-refractivity contribution < 1.29 is 1.43 Å². The quantitative estimate of drug-likeness (QED) is 0.527. The van der Waals surface area contributed by atoms with E-state index in [-0.39, 0.29) is 1.43 Å². The highest BCUT2D eigenvalue weighted by molar-refractivity contribution is 5.19. The molecule has 0 bridgehead atoms. The van der Waals surface area contributed by atoms with Crippen LogP contribution in [0.3, 0.4) is 0 Å². The molecule has 0 atom stereocenters. The van der Waals surface area contributed by atoms with Crippen molar-refractivity contribution in [1.29, 1.82) is 0 Å². The third-order valence-corrected chi connectivity index (χ3v) is 1.22. The Bertz CT molecular complexity index is 156. The van der Waals surface area contributed by atoms with E-state index < -0.39 is 0 Å². The fourth-order valence-corrected chi connectivity index (χ4v) is 0.637. The first-order valence-corrected chi connectivity index (χ1v) is 4.24. The summed E-state index contributed by atoms with van der Waals surface area (Å²) in [6.07, 6.45) is 1.25. The zero-order valence-corrected chi connectivity index (χ0v) is 8.02. The van der Waals surface area contributed by atoms with E-state index in [1.165, 1.54) is 17.5 Å². The Morgan fingerprint density at radius 1 is 0.909 bits per heavy atom. The van der Waals surface area contributed by atoms with Crippen LogP contribution in [0, 0.1) is 13.8 Å². The first-order valence-electron chi connectivity index (χ1n) is 4.24. The highest BCUT2D eigenvalue weighted by atomic mass is 13.9. The second-order valence-electron chi connectivity index (χ2n) is 2.86. The molecule has 0 amide bonds.